The molecule has 1 aromatic carbocycles. The van der Waals surface area contributed by atoms with Gasteiger partial charge in [-0.25, -0.2) is 4.39 Å². The van der Waals surface area contributed by atoms with Crippen molar-refractivity contribution in [3.8, 4) is 5.75 Å². The quantitative estimate of drug-likeness (QED) is 0.864. The van der Waals surface area contributed by atoms with Crippen LogP contribution < -0.4 is 10.5 Å². The Morgan fingerprint density at radius 1 is 1.30 bits per heavy atom. The molecule has 2 N–H and O–H groups in total. The molecule has 1 atom stereocenters. The van der Waals surface area contributed by atoms with Crippen LogP contribution in [-0.2, 0) is 0 Å². The van der Waals surface area contributed by atoms with Gasteiger partial charge in [0.15, 0.2) is 0 Å². The summed E-state index contributed by atoms with van der Waals surface area (Å²) in [5, 5.41) is 0. The minimum atomic E-state index is -0.242. The van der Waals surface area contributed by atoms with Gasteiger partial charge in [-0.3, -0.25) is 0 Å². The van der Waals surface area contributed by atoms with Crippen molar-refractivity contribution < 1.29 is 9.13 Å². The average Bonchev–Trinajstić information content (AvgIpc) is 2.86. The molecule has 0 aliphatic heterocycles. The van der Waals surface area contributed by atoms with Crippen LogP contribution in [0.5, 0.6) is 5.75 Å². The number of benzene rings is 1. The molecule has 0 spiro atoms. The molecule has 0 bridgehead atoms. The molecule has 2 rings (SSSR count). The lowest BCUT2D eigenvalue weighted by Crippen LogP contribution is -2.34. The first-order valence-electron chi connectivity index (χ1n) is 7.57. The molecule has 20 heavy (non-hydrogen) atoms. The van der Waals surface area contributed by atoms with Crippen molar-refractivity contribution in [2.75, 3.05) is 7.11 Å². The largest absolute Gasteiger partial charge is 0.496 e. The lowest BCUT2D eigenvalue weighted by Gasteiger charge is -2.37. The molecule has 1 aliphatic carbocycles. The summed E-state index contributed by atoms with van der Waals surface area (Å²) in [6, 6.07) is 4.50. The van der Waals surface area contributed by atoms with Gasteiger partial charge >= 0.3 is 0 Å². The number of ether oxygens (including phenoxy) is 1. The Bertz CT molecular complexity index is 452. The van der Waals surface area contributed by atoms with Gasteiger partial charge in [0.2, 0.25) is 0 Å². The van der Waals surface area contributed by atoms with E-state index in [1.54, 1.807) is 19.2 Å². The molecule has 1 fully saturated rings. The number of hydrogen-bond acceptors (Lipinski definition) is 2. The smallest absolute Gasteiger partial charge is 0.123 e. The van der Waals surface area contributed by atoms with Gasteiger partial charge in [-0.1, -0.05) is 26.7 Å². The number of methoxy groups -OCH3 is 1. The highest BCUT2D eigenvalue weighted by Crippen LogP contribution is 2.51. The molecule has 0 amide bonds. The van der Waals surface area contributed by atoms with Gasteiger partial charge in [0, 0.05) is 11.6 Å². The summed E-state index contributed by atoms with van der Waals surface area (Å²) in [6.45, 7) is 4.46. The van der Waals surface area contributed by atoms with E-state index >= 15 is 0 Å². The minimum absolute atomic E-state index is 0.0925. The molecule has 112 valence electrons. The van der Waals surface area contributed by atoms with Gasteiger partial charge in [0.1, 0.15) is 11.6 Å². The highest BCUT2D eigenvalue weighted by atomic mass is 19.1. The van der Waals surface area contributed by atoms with Crippen LogP contribution in [0.2, 0.25) is 0 Å². The summed E-state index contributed by atoms with van der Waals surface area (Å²) in [7, 11) is 1.62. The van der Waals surface area contributed by atoms with Gasteiger partial charge in [0.25, 0.3) is 0 Å². The third-order valence-electron chi connectivity index (χ3n) is 4.60. The first kappa shape index (κ1) is 15.3. The first-order valence-corrected chi connectivity index (χ1v) is 7.57. The molecule has 0 saturated heterocycles. The fraction of sp³-hybridized carbons (Fsp3) is 0.647. The second-order valence-corrected chi connectivity index (χ2v) is 6.53. The van der Waals surface area contributed by atoms with Crippen molar-refractivity contribution in [3.63, 3.8) is 0 Å². The third-order valence-corrected chi connectivity index (χ3v) is 4.60. The van der Waals surface area contributed by atoms with E-state index in [-0.39, 0.29) is 17.3 Å². The fourth-order valence-corrected chi connectivity index (χ4v) is 3.81. The van der Waals surface area contributed by atoms with E-state index in [4.69, 9.17) is 10.5 Å². The maximum atomic E-state index is 13.6. The monoisotopic (exact) mass is 279 g/mol. The number of halogens is 1. The van der Waals surface area contributed by atoms with E-state index in [9.17, 15) is 4.39 Å². The average molecular weight is 279 g/mol. The first-order chi connectivity index (χ1) is 9.48. The molecule has 0 radical (unpaired) electrons. The Morgan fingerprint density at radius 2 is 1.95 bits per heavy atom. The normalized spacial score (nSPS) is 19.3. The van der Waals surface area contributed by atoms with Crippen LogP contribution in [0.15, 0.2) is 18.2 Å². The summed E-state index contributed by atoms with van der Waals surface area (Å²) < 4.78 is 19.0. The van der Waals surface area contributed by atoms with Crippen LogP contribution in [-0.4, -0.2) is 7.11 Å². The summed E-state index contributed by atoms with van der Waals surface area (Å²) in [6.07, 6.45) is 5.79. The van der Waals surface area contributed by atoms with Crippen LogP contribution in [0.3, 0.4) is 0 Å². The molecular weight excluding hydrogens is 253 g/mol. The molecule has 1 aliphatic rings. The Morgan fingerprint density at radius 3 is 2.50 bits per heavy atom. The maximum absolute atomic E-state index is 13.6. The Kier molecular flexibility index (Phi) is 4.69. The molecule has 0 aromatic heterocycles. The fourth-order valence-electron chi connectivity index (χ4n) is 3.81. The van der Waals surface area contributed by atoms with Crippen molar-refractivity contribution in [2.24, 2.45) is 17.1 Å². The van der Waals surface area contributed by atoms with Gasteiger partial charge in [-0.2, -0.15) is 0 Å². The lowest BCUT2D eigenvalue weighted by molar-refractivity contribution is 0.180. The van der Waals surface area contributed by atoms with Crippen molar-refractivity contribution in [3.05, 3.63) is 29.6 Å². The van der Waals surface area contributed by atoms with Gasteiger partial charge in [-0.05, 0) is 48.8 Å². The SMILES string of the molecule is COc1ccc(F)cc1C(N)C1(CC(C)C)CCCC1. The summed E-state index contributed by atoms with van der Waals surface area (Å²) in [5.74, 6) is 1.06. The number of nitrogens with two attached hydrogens (primary N) is 1. The number of hydrogen-bond donors (Lipinski definition) is 1. The van der Waals surface area contributed by atoms with Crippen molar-refractivity contribution in [2.45, 2.75) is 52.0 Å². The molecular formula is C17H26FNO. The molecule has 1 saturated carbocycles. The van der Waals surface area contributed by atoms with Gasteiger partial charge < -0.3 is 10.5 Å². The van der Waals surface area contributed by atoms with E-state index in [0.29, 0.717) is 11.7 Å². The van der Waals surface area contributed by atoms with E-state index in [1.165, 1.54) is 18.9 Å². The van der Waals surface area contributed by atoms with E-state index in [1.807, 2.05) is 0 Å². The minimum Gasteiger partial charge on any atom is -0.496 e. The second-order valence-electron chi connectivity index (χ2n) is 6.53. The second kappa shape index (κ2) is 6.13. The number of rotatable bonds is 5. The van der Waals surface area contributed by atoms with Gasteiger partial charge in [-0.15, -0.1) is 0 Å². The highest BCUT2D eigenvalue weighted by Gasteiger charge is 2.41. The molecule has 0 heterocycles. The zero-order valence-corrected chi connectivity index (χ0v) is 12.8. The van der Waals surface area contributed by atoms with E-state index < -0.39 is 0 Å². The zero-order valence-electron chi connectivity index (χ0n) is 12.8. The molecule has 1 unspecified atom stereocenters. The molecule has 3 heteroatoms. The summed E-state index contributed by atoms with van der Waals surface area (Å²) >= 11 is 0. The Balaban J connectivity index is 2.36. The Hall–Kier alpha value is -1.09. The molecule has 1 aromatic rings. The van der Waals surface area contributed by atoms with Crippen molar-refractivity contribution >= 4 is 0 Å². The summed E-state index contributed by atoms with van der Waals surface area (Å²) in [5.41, 5.74) is 7.49. The third kappa shape index (κ3) is 2.98. The van der Waals surface area contributed by atoms with Crippen LogP contribution in [0.1, 0.15) is 57.6 Å². The van der Waals surface area contributed by atoms with Gasteiger partial charge in [0.05, 0.1) is 7.11 Å². The van der Waals surface area contributed by atoms with Crippen LogP contribution in [0.4, 0.5) is 4.39 Å². The topological polar surface area (TPSA) is 35.2 Å². The summed E-state index contributed by atoms with van der Waals surface area (Å²) in [4.78, 5) is 0. The van der Waals surface area contributed by atoms with Crippen LogP contribution in [0.25, 0.3) is 0 Å². The van der Waals surface area contributed by atoms with E-state index in [2.05, 4.69) is 13.8 Å². The standard InChI is InChI=1S/C17H26FNO/c1-12(2)11-17(8-4-5-9-17)16(19)14-10-13(18)6-7-15(14)20-3/h6-7,10,12,16H,4-5,8-9,11,19H2,1-3H3. The molecule has 2 nitrogen and oxygen atoms in total. The van der Waals surface area contributed by atoms with Crippen LogP contribution >= 0.6 is 0 Å². The Labute approximate surface area is 121 Å². The van der Waals surface area contributed by atoms with Crippen molar-refractivity contribution in [1.82, 2.24) is 0 Å². The highest BCUT2D eigenvalue weighted by molar-refractivity contribution is 5.37. The van der Waals surface area contributed by atoms with Crippen LogP contribution in [0, 0.1) is 17.2 Å². The predicted molar refractivity (Wildman–Crippen MR) is 80.2 cm³/mol. The maximum Gasteiger partial charge on any atom is 0.123 e. The predicted octanol–water partition coefficient (Wildman–Crippen LogP) is 4.44. The zero-order chi connectivity index (χ0) is 14.8. The van der Waals surface area contributed by atoms with Crippen molar-refractivity contribution in [1.29, 1.82) is 0 Å². The lowest BCUT2D eigenvalue weighted by atomic mass is 9.70. The van der Waals surface area contributed by atoms with E-state index in [0.717, 1.165) is 24.8 Å².